The highest BCUT2D eigenvalue weighted by atomic mass is 35.5. The van der Waals surface area contributed by atoms with E-state index in [1.165, 1.54) is 12.0 Å². The summed E-state index contributed by atoms with van der Waals surface area (Å²) in [5.41, 5.74) is 0.530. The van der Waals surface area contributed by atoms with Gasteiger partial charge in [-0.15, -0.1) is 0 Å². The van der Waals surface area contributed by atoms with Crippen molar-refractivity contribution in [2.75, 3.05) is 32.3 Å². The van der Waals surface area contributed by atoms with Gasteiger partial charge in [0.25, 0.3) is 0 Å². The predicted molar refractivity (Wildman–Crippen MR) is 134 cm³/mol. The highest BCUT2D eigenvalue weighted by Crippen LogP contribution is 2.48. The van der Waals surface area contributed by atoms with Crippen molar-refractivity contribution in [1.82, 2.24) is 4.90 Å². The topological polar surface area (TPSA) is 77.5 Å². The van der Waals surface area contributed by atoms with Gasteiger partial charge in [0, 0.05) is 41.2 Å². The van der Waals surface area contributed by atoms with Gasteiger partial charge < -0.3 is 18.9 Å². The molecule has 0 fully saturated rings. The first-order valence-corrected chi connectivity index (χ1v) is 12.0. The van der Waals surface area contributed by atoms with Crippen LogP contribution in [-0.4, -0.2) is 50.6 Å². The van der Waals surface area contributed by atoms with Crippen LogP contribution in [0.15, 0.2) is 36.4 Å². The minimum atomic E-state index is -1.27. The molecular formula is C25H30Cl2N2O6. The van der Waals surface area contributed by atoms with Gasteiger partial charge in [0.1, 0.15) is 5.75 Å². The zero-order valence-corrected chi connectivity index (χ0v) is 22.0. The number of ether oxygens (including phenoxy) is 4. The number of benzene rings is 2. The summed E-state index contributed by atoms with van der Waals surface area (Å²) >= 11 is 12.5. The van der Waals surface area contributed by atoms with Crippen molar-refractivity contribution < 1.29 is 28.5 Å². The minimum absolute atomic E-state index is 0.102. The number of fused-ring (bicyclic) bond motifs is 1. The highest BCUT2D eigenvalue weighted by molar-refractivity contribution is 6.34. The average molecular weight is 525 g/mol. The SMILES string of the molecule is CCOC(=O)N1c2cc(OC)ccc2[C@@](OC)(N(Cc2cc(Cl)cc(Cl)c2)C(=O)OCC)C[C@@H]1C. The van der Waals surface area contributed by atoms with Gasteiger partial charge in [-0.2, -0.15) is 0 Å². The number of methoxy groups -OCH3 is 2. The summed E-state index contributed by atoms with van der Waals surface area (Å²) in [6.45, 7) is 5.84. The van der Waals surface area contributed by atoms with E-state index in [4.69, 9.17) is 42.1 Å². The Morgan fingerprint density at radius 3 is 2.29 bits per heavy atom. The molecule has 0 radical (unpaired) electrons. The van der Waals surface area contributed by atoms with E-state index >= 15 is 0 Å². The summed E-state index contributed by atoms with van der Waals surface area (Å²) in [6, 6.07) is 9.96. The molecule has 2 aromatic rings. The number of carbonyl (C=O) groups is 2. The Bertz CT molecular complexity index is 1060. The Morgan fingerprint density at radius 2 is 1.71 bits per heavy atom. The molecule has 0 N–H and O–H groups in total. The van der Waals surface area contributed by atoms with Gasteiger partial charge in [0.2, 0.25) is 0 Å². The third-order valence-electron chi connectivity index (χ3n) is 5.89. The normalized spacial score (nSPS) is 19.1. The van der Waals surface area contributed by atoms with Crippen LogP contribution >= 0.6 is 23.2 Å². The van der Waals surface area contributed by atoms with Gasteiger partial charge in [-0.3, -0.25) is 9.80 Å². The van der Waals surface area contributed by atoms with Crippen LogP contribution in [0.4, 0.5) is 15.3 Å². The van der Waals surface area contributed by atoms with Crippen molar-refractivity contribution in [3.63, 3.8) is 0 Å². The first kappa shape index (κ1) is 26.9. The molecule has 2 atom stereocenters. The Labute approximate surface area is 215 Å². The van der Waals surface area contributed by atoms with E-state index in [9.17, 15) is 9.59 Å². The molecule has 0 aromatic heterocycles. The largest absolute Gasteiger partial charge is 0.497 e. The van der Waals surface area contributed by atoms with Gasteiger partial charge in [-0.05, 0) is 56.7 Å². The molecular weight excluding hydrogens is 495 g/mol. The van der Waals surface area contributed by atoms with Crippen LogP contribution in [0.1, 0.15) is 38.3 Å². The van der Waals surface area contributed by atoms with Gasteiger partial charge >= 0.3 is 12.2 Å². The van der Waals surface area contributed by atoms with Crippen molar-refractivity contribution in [2.24, 2.45) is 0 Å². The molecule has 0 spiro atoms. The maximum atomic E-state index is 13.4. The Kier molecular flexibility index (Phi) is 8.74. The lowest BCUT2D eigenvalue weighted by atomic mass is 9.86. The number of amides is 2. The Hall–Kier alpha value is -2.68. The van der Waals surface area contributed by atoms with Crippen LogP contribution in [0.25, 0.3) is 0 Å². The Morgan fingerprint density at radius 1 is 1.06 bits per heavy atom. The molecule has 35 heavy (non-hydrogen) atoms. The first-order valence-electron chi connectivity index (χ1n) is 11.3. The van der Waals surface area contributed by atoms with Crippen molar-refractivity contribution in [3.05, 3.63) is 57.6 Å². The van der Waals surface area contributed by atoms with Crippen molar-refractivity contribution >= 4 is 41.1 Å². The lowest BCUT2D eigenvalue weighted by Crippen LogP contribution is -2.58. The molecule has 0 aliphatic carbocycles. The van der Waals surface area contributed by atoms with Gasteiger partial charge in [0.15, 0.2) is 5.72 Å². The fourth-order valence-electron chi connectivity index (χ4n) is 4.46. The number of nitrogens with zero attached hydrogens (tertiary/aromatic N) is 2. The van der Waals surface area contributed by atoms with Crippen molar-refractivity contribution in [3.8, 4) is 5.75 Å². The number of rotatable bonds is 7. The lowest BCUT2D eigenvalue weighted by Gasteiger charge is -2.50. The molecule has 1 aliphatic heterocycles. The third-order valence-corrected chi connectivity index (χ3v) is 6.32. The van der Waals surface area contributed by atoms with Gasteiger partial charge in [0.05, 0.1) is 32.6 Å². The third kappa shape index (κ3) is 5.44. The summed E-state index contributed by atoms with van der Waals surface area (Å²) in [4.78, 5) is 29.4. The number of anilines is 1. The van der Waals surface area contributed by atoms with Crippen LogP contribution in [0.3, 0.4) is 0 Å². The standard InChI is InChI=1S/C25H30Cl2N2O6/c1-6-34-23(30)28(15-17-10-18(26)12-19(27)11-17)25(33-5)14-16(3)29(24(31)35-7-2)22-13-20(32-4)8-9-21(22)25/h8-13,16H,6-7,14-15H2,1-5H3/t16-,25+/m0/s1. The molecule has 1 aliphatic rings. The summed E-state index contributed by atoms with van der Waals surface area (Å²) in [5, 5.41) is 0.886. The molecule has 2 aromatic carbocycles. The van der Waals surface area contributed by atoms with E-state index < -0.39 is 24.0 Å². The molecule has 1 heterocycles. The maximum absolute atomic E-state index is 13.4. The molecule has 0 unspecified atom stereocenters. The first-order chi connectivity index (χ1) is 16.7. The molecule has 8 nitrogen and oxygen atoms in total. The smallest absolute Gasteiger partial charge is 0.414 e. The van der Waals surface area contributed by atoms with Crippen LogP contribution < -0.4 is 9.64 Å². The molecule has 3 rings (SSSR count). The number of carbonyl (C=O) groups excluding carboxylic acids is 2. The molecule has 0 saturated heterocycles. The van der Waals surface area contributed by atoms with Gasteiger partial charge in [-0.1, -0.05) is 23.2 Å². The van der Waals surface area contributed by atoms with Crippen molar-refractivity contribution in [2.45, 2.75) is 45.5 Å². The number of hydrogen-bond acceptors (Lipinski definition) is 6. The maximum Gasteiger partial charge on any atom is 0.414 e. The summed E-state index contributed by atoms with van der Waals surface area (Å²) in [5.74, 6) is 0.543. The number of halogens is 2. The molecule has 0 bridgehead atoms. The van der Waals surface area contributed by atoms with E-state index in [-0.39, 0.29) is 26.2 Å². The minimum Gasteiger partial charge on any atom is -0.497 e. The molecule has 10 heteroatoms. The summed E-state index contributed by atoms with van der Waals surface area (Å²) in [7, 11) is 3.07. The second-order valence-electron chi connectivity index (χ2n) is 8.06. The molecule has 190 valence electrons. The van der Waals surface area contributed by atoms with Crippen LogP contribution in [0.5, 0.6) is 5.75 Å². The second kappa shape index (κ2) is 11.4. The summed E-state index contributed by atoms with van der Waals surface area (Å²) < 4.78 is 22.3. The average Bonchev–Trinajstić information content (AvgIpc) is 2.81. The van der Waals surface area contributed by atoms with Crippen LogP contribution in [-0.2, 0) is 26.5 Å². The summed E-state index contributed by atoms with van der Waals surface area (Å²) in [6.07, 6.45) is -0.818. The fraction of sp³-hybridized carbons (Fsp3) is 0.440. The van der Waals surface area contributed by atoms with Crippen LogP contribution in [0.2, 0.25) is 10.0 Å². The zero-order chi connectivity index (χ0) is 25.8. The number of hydrogen-bond donors (Lipinski definition) is 0. The fourth-order valence-corrected chi connectivity index (χ4v) is 5.03. The molecule has 0 saturated carbocycles. The monoisotopic (exact) mass is 524 g/mol. The zero-order valence-electron chi connectivity index (χ0n) is 20.5. The Balaban J connectivity index is 2.21. The van der Waals surface area contributed by atoms with E-state index in [0.29, 0.717) is 32.6 Å². The van der Waals surface area contributed by atoms with Crippen molar-refractivity contribution in [1.29, 1.82) is 0 Å². The van der Waals surface area contributed by atoms with E-state index in [1.54, 1.807) is 62.3 Å². The second-order valence-corrected chi connectivity index (χ2v) is 8.93. The highest BCUT2D eigenvalue weighted by Gasteiger charge is 2.51. The predicted octanol–water partition coefficient (Wildman–Crippen LogP) is 6.22. The quantitative estimate of drug-likeness (QED) is 0.400. The van der Waals surface area contributed by atoms with E-state index in [2.05, 4.69) is 0 Å². The van der Waals surface area contributed by atoms with Crippen LogP contribution in [0, 0.1) is 0 Å². The lowest BCUT2D eigenvalue weighted by molar-refractivity contribution is -0.145. The van der Waals surface area contributed by atoms with Gasteiger partial charge in [-0.25, -0.2) is 9.59 Å². The van der Waals surface area contributed by atoms with E-state index in [1.807, 2.05) is 6.92 Å². The molecule has 2 amide bonds. The van der Waals surface area contributed by atoms with E-state index in [0.717, 1.165) is 0 Å².